The fraction of sp³-hybridized carbons (Fsp3) is 0.233. The van der Waals surface area contributed by atoms with Gasteiger partial charge in [0.1, 0.15) is 0 Å². The molecule has 4 nitrogen and oxygen atoms in total. The van der Waals surface area contributed by atoms with Crippen molar-refractivity contribution in [2.75, 3.05) is 11.1 Å². The molecule has 5 aromatic rings. The summed E-state index contributed by atoms with van der Waals surface area (Å²) in [5.74, 6) is 1.11. The zero-order valence-electron chi connectivity index (χ0n) is 20.4. The van der Waals surface area contributed by atoms with Crippen molar-refractivity contribution in [3.05, 3.63) is 95.3 Å². The van der Waals surface area contributed by atoms with Crippen LogP contribution in [0.5, 0.6) is 0 Å². The molecule has 2 heterocycles. The van der Waals surface area contributed by atoms with E-state index in [9.17, 15) is 4.79 Å². The Morgan fingerprint density at radius 3 is 1.97 bits per heavy atom. The number of benzene rings is 3. The quantitative estimate of drug-likeness (QED) is 0.197. The number of para-hydroxylation sites is 3. The molecule has 3 N–H and O–H groups in total. The van der Waals surface area contributed by atoms with Gasteiger partial charge in [-0.2, -0.15) is 0 Å². The largest absolute Gasteiger partial charge is 0.358 e. The number of nitrogens with one attached hydrogen (secondary N) is 3. The number of amides is 1. The number of carbonyl (C=O) groups excluding carboxylic acids is 1. The van der Waals surface area contributed by atoms with Gasteiger partial charge in [0.2, 0.25) is 5.91 Å². The number of anilines is 1. The van der Waals surface area contributed by atoms with Gasteiger partial charge >= 0.3 is 0 Å². The molecule has 1 amide bonds. The topological polar surface area (TPSA) is 60.7 Å². The van der Waals surface area contributed by atoms with Crippen molar-refractivity contribution in [3.63, 3.8) is 0 Å². The fourth-order valence-electron chi connectivity index (χ4n) is 5.27. The van der Waals surface area contributed by atoms with Crippen LogP contribution in [0.3, 0.4) is 0 Å². The number of carbonyl (C=O) groups is 1. The number of H-pyrrole nitrogens is 2. The molecule has 35 heavy (non-hydrogen) atoms. The van der Waals surface area contributed by atoms with E-state index in [0.717, 1.165) is 45.2 Å². The van der Waals surface area contributed by atoms with Gasteiger partial charge in [-0.25, -0.2) is 0 Å². The van der Waals surface area contributed by atoms with Crippen LogP contribution in [0.25, 0.3) is 21.8 Å². The minimum Gasteiger partial charge on any atom is -0.358 e. The molecule has 0 saturated heterocycles. The highest BCUT2D eigenvalue weighted by Gasteiger charge is 2.26. The molecule has 0 spiro atoms. The molecule has 3 aromatic carbocycles. The number of rotatable bonds is 8. The molecular formula is C30H31N3OS. The molecule has 0 aliphatic rings. The van der Waals surface area contributed by atoms with Crippen LogP contribution in [0.4, 0.5) is 5.69 Å². The molecule has 0 atom stereocenters. The Kier molecular flexibility index (Phi) is 6.69. The Hall–Kier alpha value is -3.44. The first kappa shape index (κ1) is 23.3. The second-order valence-electron chi connectivity index (χ2n) is 8.99. The van der Waals surface area contributed by atoms with Crippen LogP contribution in [-0.4, -0.2) is 21.6 Å². The first-order chi connectivity index (χ1) is 17.1. The molecule has 0 bridgehead atoms. The molecule has 0 saturated carbocycles. The number of aromatic amines is 2. The molecule has 5 rings (SSSR count). The average Bonchev–Trinajstić information content (AvgIpc) is 3.37. The molecular weight excluding hydrogens is 450 g/mol. The zero-order valence-corrected chi connectivity index (χ0v) is 21.3. The van der Waals surface area contributed by atoms with Gasteiger partial charge < -0.3 is 15.3 Å². The maximum atomic E-state index is 13.2. The minimum absolute atomic E-state index is 0.0501. The zero-order chi connectivity index (χ0) is 24.4. The van der Waals surface area contributed by atoms with Crippen LogP contribution in [0.2, 0.25) is 0 Å². The molecule has 0 aliphatic heterocycles. The summed E-state index contributed by atoms with van der Waals surface area (Å²) in [6.07, 6.45) is 1.16. The number of aromatic nitrogens is 2. The van der Waals surface area contributed by atoms with E-state index in [1.165, 1.54) is 21.9 Å². The van der Waals surface area contributed by atoms with Crippen molar-refractivity contribution in [2.45, 2.75) is 44.4 Å². The highest BCUT2D eigenvalue weighted by molar-refractivity contribution is 7.99. The summed E-state index contributed by atoms with van der Waals surface area (Å²) in [5, 5.41) is 5.62. The highest BCUT2D eigenvalue weighted by atomic mass is 32.2. The van der Waals surface area contributed by atoms with E-state index < -0.39 is 0 Å². The molecule has 0 fully saturated rings. The van der Waals surface area contributed by atoms with E-state index in [4.69, 9.17) is 0 Å². The van der Waals surface area contributed by atoms with E-state index in [1.807, 2.05) is 18.2 Å². The third-order valence-electron chi connectivity index (χ3n) is 6.70. The predicted molar refractivity (Wildman–Crippen MR) is 149 cm³/mol. The maximum Gasteiger partial charge on any atom is 0.224 e. The lowest BCUT2D eigenvalue weighted by Crippen LogP contribution is -2.14. The summed E-state index contributed by atoms with van der Waals surface area (Å²) >= 11 is 1.75. The Morgan fingerprint density at radius 1 is 0.829 bits per heavy atom. The maximum absolute atomic E-state index is 13.2. The third kappa shape index (κ3) is 4.61. The first-order valence-corrected chi connectivity index (χ1v) is 13.2. The van der Waals surface area contributed by atoms with E-state index in [2.05, 4.69) is 90.7 Å². The van der Waals surface area contributed by atoms with E-state index in [-0.39, 0.29) is 11.8 Å². The van der Waals surface area contributed by atoms with Gasteiger partial charge in [-0.05, 0) is 61.4 Å². The van der Waals surface area contributed by atoms with Crippen LogP contribution in [0, 0.1) is 13.8 Å². The summed E-state index contributed by atoms with van der Waals surface area (Å²) in [4.78, 5) is 21.4. The summed E-state index contributed by atoms with van der Waals surface area (Å²) in [7, 11) is 0. The molecule has 178 valence electrons. The van der Waals surface area contributed by atoms with Crippen LogP contribution in [-0.2, 0) is 4.79 Å². The Morgan fingerprint density at radius 2 is 1.37 bits per heavy atom. The third-order valence-corrected chi connectivity index (χ3v) is 7.66. The van der Waals surface area contributed by atoms with Gasteiger partial charge in [-0.15, -0.1) is 11.8 Å². The van der Waals surface area contributed by atoms with Gasteiger partial charge in [0, 0.05) is 50.4 Å². The molecule has 0 unspecified atom stereocenters. The monoisotopic (exact) mass is 481 g/mol. The van der Waals surface area contributed by atoms with Crippen LogP contribution in [0.1, 0.15) is 48.2 Å². The summed E-state index contributed by atoms with van der Waals surface area (Å²) < 4.78 is 0. The minimum atomic E-state index is 0.0501. The Labute approximate surface area is 210 Å². The summed E-state index contributed by atoms with van der Waals surface area (Å²) in [6, 6.07) is 25.0. The van der Waals surface area contributed by atoms with Gasteiger partial charge in [-0.1, -0.05) is 55.5 Å². The standard InChI is InChI=1S/C30H31N3OS/c1-4-35-27-16-10-9-15-26(27)33-28(34)18-17-23(29-19(2)31-24-13-7-5-11-21(24)29)30-20(3)32-25-14-8-6-12-22(25)30/h5-16,23,31-32H,4,17-18H2,1-3H3,(H,33,34). The SMILES string of the molecule is CCSc1ccccc1NC(=O)CCC(c1c(C)[nH]c2ccccc12)c1c(C)[nH]c2ccccc12. The summed E-state index contributed by atoms with van der Waals surface area (Å²) in [5.41, 5.74) is 8.05. The average molecular weight is 482 g/mol. The van der Waals surface area contributed by atoms with Crippen molar-refractivity contribution >= 4 is 45.2 Å². The number of aryl methyl sites for hydroxylation is 2. The lowest BCUT2D eigenvalue weighted by molar-refractivity contribution is -0.116. The van der Waals surface area contributed by atoms with E-state index >= 15 is 0 Å². The first-order valence-electron chi connectivity index (χ1n) is 12.2. The lowest BCUT2D eigenvalue weighted by Gasteiger charge is -2.20. The van der Waals surface area contributed by atoms with Gasteiger partial charge in [0.15, 0.2) is 0 Å². The van der Waals surface area contributed by atoms with E-state index in [1.54, 1.807) is 11.8 Å². The second kappa shape index (κ2) is 10.0. The van der Waals surface area contributed by atoms with Gasteiger partial charge in [0.05, 0.1) is 5.69 Å². The summed E-state index contributed by atoms with van der Waals surface area (Å²) in [6.45, 7) is 6.41. The van der Waals surface area contributed by atoms with Crippen molar-refractivity contribution < 1.29 is 4.79 Å². The molecule has 5 heteroatoms. The van der Waals surface area contributed by atoms with E-state index in [0.29, 0.717) is 6.42 Å². The van der Waals surface area contributed by atoms with Crippen LogP contribution in [0.15, 0.2) is 77.7 Å². The number of thioether (sulfide) groups is 1. The van der Waals surface area contributed by atoms with Crippen molar-refractivity contribution in [3.8, 4) is 0 Å². The van der Waals surface area contributed by atoms with Crippen LogP contribution >= 0.6 is 11.8 Å². The fourth-order valence-corrected chi connectivity index (χ4v) is 6.03. The molecule has 0 aliphatic carbocycles. The second-order valence-corrected chi connectivity index (χ2v) is 10.3. The Balaban J connectivity index is 1.51. The van der Waals surface area contributed by atoms with Crippen molar-refractivity contribution in [2.24, 2.45) is 0 Å². The smallest absolute Gasteiger partial charge is 0.224 e. The van der Waals surface area contributed by atoms with Crippen molar-refractivity contribution in [1.82, 2.24) is 9.97 Å². The number of hydrogen-bond acceptors (Lipinski definition) is 2. The Bertz CT molecular complexity index is 1420. The number of hydrogen-bond donors (Lipinski definition) is 3. The predicted octanol–water partition coefficient (Wildman–Crippen LogP) is 7.93. The molecule has 0 radical (unpaired) electrons. The molecule has 2 aromatic heterocycles. The number of fused-ring (bicyclic) bond motifs is 2. The van der Waals surface area contributed by atoms with Crippen molar-refractivity contribution in [1.29, 1.82) is 0 Å². The van der Waals surface area contributed by atoms with Gasteiger partial charge in [-0.3, -0.25) is 4.79 Å². The lowest BCUT2D eigenvalue weighted by atomic mass is 9.84. The normalized spacial score (nSPS) is 11.5. The van der Waals surface area contributed by atoms with Crippen LogP contribution < -0.4 is 5.32 Å². The highest BCUT2D eigenvalue weighted by Crippen LogP contribution is 2.41. The van der Waals surface area contributed by atoms with Gasteiger partial charge in [0.25, 0.3) is 0 Å².